The van der Waals surface area contributed by atoms with Gasteiger partial charge in [-0.1, -0.05) is 0 Å². The van der Waals surface area contributed by atoms with Crippen molar-refractivity contribution in [1.82, 2.24) is 0 Å². The molecule has 4 rings (SSSR count). The van der Waals surface area contributed by atoms with E-state index in [-0.39, 0.29) is 11.1 Å². The molecular weight excluding hydrogens is 484 g/mol. The van der Waals surface area contributed by atoms with Crippen LogP contribution in [0.2, 0.25) is 0 Å². The number of aliphatic hydroxyl groups is 2. The minimum atomic E-state index is -1.83. The van der Waals surface area contributed by atoms with Gasteiger partial charge in [0.1, 0.15) is 34.7 Å². The van der Waals surface area contributed by atoms with Crippen molar-refractivity contribution in [2.24, 2.45) is 0 Å². The van der Waals surface area contributed by atoms with Crippen LogP contribution in [0.15, 0.2) is 33.5 Å². The Morgan fingerprint density at radius 2 is 1.58 bits per heavy atom. The average molecular weight is 506 g/mol. The molecule has 1 aromatic heterocycles. The number of esters is 1. The zero-order valence-electron chi connectivity index (χ0n) is 18.8. The van der Waals surface area contributed by atoms with E-state index in [0.29, 0.717) is 0 Å². The fraction of sp³-hybridized carbons (Fsp3) is 0.304. The summed E-state index contributed by atoms with van der Waals surface area (Å²) < 4.78 is 21.8. The van der Waals surface area contributed by atoms with Crippen molar-refractivity contribution in [1.29, 1.82) is 0 Å². The molecule has 1 fully saturated rings. The SMILES string of the molecule is CC(=O)O[C@H]1[C@H](O)[C@H](O)[C@@H](Oc2c(-c3cc(O)c(O)c(O)c3)oc3cc(O)cc(O)c3c2=O)O[C@@H]1C. The minimum Gasteiger partial charge on any atom is -0.508 e. The van der Waals surface area contributed by atoms with Gasteiger partial charge in [-0.15, -0.1) is 0 Å². The summed E-state index contributed by atoms with van der Waals surface area (Å²) in [5, 5.41) is 70.2. The normalized spacial score (nSPS) is 23.9. The Hall–Kier alpha value is -4.20. The number of benzene rings is 2. The van der Waals surface area contributed by atoms with Gasteiger partial charge in [0.15, 0.2) is 29.1 Å². The molecule has 3 aromatic rings. The molecule has 0 aliphatic carbocycles. The molecule has 192 valence electrons. The summed E-state index contributed by atoms with van der Waals surface area (Å²) in [4.78, 5) is 24.7. The van der Waals surface area contributed by atoms with Gasteiger partial charge in [0.05, 0.1) is 6.10 Å². The number of ether oxygens (including phenoxy) is 3. The summed E-state index contributed by atoms with van der Waals surface area (Å²) in [5.41, 5.74) is -1.49. The number of aromatic hydroxyl groups is 5. The fourth-order valence-electron chi connectivity index (χ4n) is 3.87. The molecule has 0 amide bonds. The van der Waals surface area contributed by atoms with Crippen molar-refractivity contribution in [2.45, 2.75) is 44.6 Å². The van der Waals surface area contributed by atoms with Gasteiger partial charge in [-0.25, -0.2) is 0 Å². The minimum absolute atomic E-state index is 0.184. The summed E-state index contributed by atoms with van der Waals surface area (Å²) in [6.07, 6.45) is -7.46. The zero-order chi connectivity index (χ0) is 26.5. The number of rotatable bonds is 4. The van der Waals surface area contributed by atoms with Crippen LogP contribution in [-0.4, -0.2) is 72.4 Å². The van der Waals surface area contributed by atoms with Crippen LogP contribution in [0.4, 0.5) is 0 Å². The highest BCUT2D eigenvalue weighted by Gasteiger charge is 2.46. The molecule has 0 unspecified atom stereocenters. The van der Waals surface area contributed by atoms with E-state index in [1.54, 1.807) is 0 Å². The van der Waals surface area contributed by atoms with Crippen LogP contribution >= 0.6 is 0 Å². The van der Waals surface area contributed by atoms with E-state index in [9.17, 15) is 45.3 Å². The van der Waals surface area contributed by atoms with E-state index in [1.165, 1.54) is 6.92 Å². The maximum atomic E-state index is 13.4. The fourth-order valence-corrected chi connectivity index (χ4v) is 3.87. The van der Waals surface area contributed by atoms with Gasteiger partial charge in [-0.2, -0.15) is 0 Å². The molecule has 0 spiro atoms. The van der Waals surface area contributed by atoms with Crippen molar-refractivity contribution < 1.29 is 59.2 Å². The molecule has 0 radical (unpaired) electrons. The van der Waals surface area contributed by atoms with Crippen LogP contribution in [0.5, 0.6) is 34.5 Å². The quantitative estimate of drug-likeness (QED) is 0.192. The summed E-state index contributed by atoms with van der Waals surface area (Å²) >= 11 is 0. The van der Waals surface area contributed by atoms with Crippen LogP contribution in [0, 0.1) is 0 Å². The van der Waals surface area contributed by atoms with Crippen LogP contribution < -0.4 is 10.2 Å². The number of carbonyl (C=O) groups excluding carboxylic acids is 1. The lowest BCUT2D eigenvalue weighted by Gasteiger charge is -2.40. The van der Waals surface area contributed by atoms with Crippen molar-refractivity contribution in [3.05, 3.63) is 34.5 Å². The number of phenolic OH excluding ortho intramolecular Hbond substituents is 5. The third kappa shape index (κ3) is 4.30. The van der Waals surface area contributed by atoms with Gasteiger partial charge in [0.2, 0.25) is 17.5 Å². The molecule has 0 saturated carbocycles. The Balaban J connectivity index is 1.87. The Morgan fingerprint density at radius 3 is 2.19 bits per heavy atom. The molecule has 1 aliphatic heterocycles. The van der Waals surface area contributed by atoms with Crippen LogP contribution in [0.25, 0.3) is 22.3 Å². The van der Waals surface area contributed by atoms with Gasteiger partial charge in [-0.3, -0.25) is 9.59 Å². The predicted molar refractivity (Wildman–Crippen MR) is 119 cm³/mol. The monoisotopic (exact) mass is 506 g/mol. The smallest absolute Gasteiger partial charge is 0.303 e. The van der Waals surface area contributed by atoms with Gasteiger partial charge in [0, 0.05) is 24.6 Å². The summed E-state index contributed by atoms with van der Waals surface area (Å²) in [7, 11) is 0. The van der Waals surface area contributed by atoms with Gasteiger partial charge < -0.3 is 54.4 Å². The summed E-state index contributed by atoms with van der Waals surface area (Å²) in [6.45, 7) is 2.53. The second-order valence-corrected chi connectivity index (χ2v) is 8.17. The highest BCUT2D eigenvalue weighted by atomic mass is 16.7. The first-order chi connectivity index (χ1) is 16.9. The second kappa shape index (κ2) is 9.11. The highest BCUT2D eigenvalue weighted by molar-refractivity contribution is 5.88. The Bertz CT molecular complexity index is 1370. The molecule has 13 heteroatoms. The molecule has 7 N–H and O–H groups in total. The van der Waals surface area contributed by atoms with E-state index >= 15 is 0 Å². The Labute approximate surface area is 201 Å². The maximum Gasteiger partial charge on any atom is 0.303 e. The lowest BCUT2D eigenvalue weighted by atomic mass is 9.99. The molecule has 36 heavy (non-hydrogen) atoms. The molecular formula is C23H22O13. The van der Waals surface area contributed by atoms with Gasteiger partial charge in [0.25, 0.3) is 0 Å². The number of hydrogen-bond donors (Lipinski definition) is 7. The zero-order valence-corrected chi connectivity index (χ0v) is 18.8. The molecule has 0 bridgehead atoms. The van der Waals surface area contributed by atoms with E-state index in [2.05, 4.69) is 0 Å². The maximum absolute atomic E-state index is 13.4. The second-order valence-electron chi connectivity index (χ2n) is 8.17. The molecule has 13 nitrogen and oxygen atoms in total. The predicted octanol–water partition coefficient (Wildman–Crippen LogP) is 0.765. The van der Waals surface area contributed by atoms with Gasteiger partial charge in [-0.05, 0) is 19.1 Å². The number of phenols is 5. The molecule has 1 aliphatic rings. The largest absolute Gasteiger partial charge is 0.508 e. The number of fused-ring (bicyclic) bond motifs is 1. The van der Waals surface area contributed by atoms with E-state index in [1.807, 2.05) is 0 Å². The van der Waals surface area contributed by atoms with Crippen LogP contribution in [0.3, 0.4) is 0 Å². The van der Waals surface area contributed by atoms with E-state index < -0.39 is 87.7 Å². The van der Waals surface area contributed by atoms with Crippen molar-refractivity contribution >= 4 is 16.9 Å². The molecule has 1 saturated heterocycles. The first kappa shape index (κ1) is 24.9. The highest BCUT2D eigenvalue weighted by Crippen LogP contribution is 2.43. The molecule has 2 heterocycles. The van der Waals surface area contributed by atoms with E-state index in [0.717, 1.165) is 31.2 Å². The number of aliphatic hydroxyl groups excluding tert-OH is 2. The molecule has 5 atom stereocenters. The number of carbonyl (C=O) groups is 1. The standard InChI is InChI=1S/C23H22O13/c1-7-20(34-8(2)24)18(31)19(32)23(33-7)36-22-17(30)15-11(26)5-10(25)6-14(15)35-21(22)9-3-12(27)16(29)13(28)4-9/h3-7,18-20,23,25-29,31-32H,1-2H3/t7-,18-,19+,20-,23-/m1/s1. The summed E-state index contributed by atoms with van der Waals surface area (Å²) in [6, 6.07) is 3.76. The Kier molecular flexibility index (Phi) is 6.30. The van der Waals surface area contributed by atoms with E-state index in [4.69, 9.17) is 18.6 Å². The lowest BCUT2D eigenvalue weighted by molar-refractivity contribution is -0.272. The van der Waals surface area contributed by atoms with Crippen LogP contribution in [-0.2, 0) is 14.3 Å². The first-order valence-electron chi connectivity index (χ1n) is 10.5. The average Bonchev–Trinajstić information content (AvgIpc) is 2.79. The van der Waals surface area contributed by atoms with Gasteiger partial charge >= 0.3 is 5.97 Å². The Morgan fingerprint density at radius 1 is 0.944 bits per heavy atom. The van der Waals surface area contributed by atoms with Crippen molar-refractivity contribution in [2.75, 3.05) is 0 Å². The third-order valence-electron chi connectivity index (χ3n) is 5.56. The number of hydrogen-bond acceptors (Lipinski definition) is 13. The topological polar surface area (TPSA) is 217 Å². The molecule has 2 aromatic carbocycles. The third-order valence-corrected chi connectivity index (χ3v) is 5.56. The first-order valence-corrected chi connectivity index (χ1v) is 10.5. The van der Waals surface area contributed by atoms with Crippen molar-refractivity contribution in [3.8, 4) is 45.8 Å². The van der Waals surface area contributed by atoms with Crippen LogP contribution in [0.1, 0.15) is 13.8 Å². The lowest BCUT2D eigenvalue weighted by Crippen LogP contribution is -2.59. The summed E-state index contributed by atoms with van der Waals surface area (Å²) in [5.74, 6) is -5.38. The van der Waals surface area contributed by atoms with Crippen molar-refractivity contribution in [3.63, 3.8) is 0 Å².